The van der Waals surface area contributed by atoms with Crippen molar-refractivity contribution in [1.82, 2.24) is 19.3 Å². The maximum atomic E-state index is 5.60. The highest BCUT2D eigenvalue weighted by Gasteiger charge is 2.01. The Labute approximate surface area is 69.4 Å². The van der Waals surface area contributed by atoms with E-state index < -0.39 is 0 Å². The lowest BCUT2D eigenvalue weighted by molar-refractivity contribution is 0.767. The summed E-state index contributed by atoms with van der Waals surface area (Å²) in [6, 6.07) is 0. The van der Waals surface area contributed by atoms with E-state index >= 15 is 0 Å². The number of aromatic nitrogens is 4. The third-order valence-electron chi connectivity index (χ3n) is 1.64. The van der Waals surface area contributed by atoms with Crippen LogP contribution in [0.2, 0.25) is 0 Å². The Hall–Kier alpha value is -1.78. The summed E-state index contributed by atoms with van der Waals surface area (Å²) in [6.07, 6.45) is 7.06. The molecule has 0 atom stereocenters. The molecule has 0 saturated carbocycles. The molecule has 2 rings (SSSR count). The average molecular weight is 163 g/mol. The van der Waals surface area contributed by atoms with Gasteiger partial charge < -0.3 is 5.73 Å². The molecule has 0 unspecified atom stereocenters. The second kappa shape index (κ2) is 2.37. The van der Waals surface area contributed by atoms with Crippen molar-refractivity contribution in [3.8, 4) is 5.69 Å². The largest absolute Gasteiger partial charge is 0.369 e. The van der Waals surface area contributed by atoms with Crippen LogP contribution in [0.15, 0.2) is 24.8 Å². The van der Waals surface area contributed by atoms with Crippen molar-refractivity contribution in [1.29, 1.82) is 0 Å². The molecule has 5 nitrogen and oxygen atoms in total. The fraction of sp³-hybridized carbons (Fsp3) is 0.143. The maximum absolute atomic E-state index is 5.60. The second-order valence-electron chi connectivity index (χ2n) is 2.53. The molecular weight excluding hydrogens is 154 g/mol. The summed E-state index contributed by atoms with van der Waals surface area (Å²) in [5.41, 5.74) is 6.52. The summed E-state index contributed by atoms with van der Waals surface area (Å²) in [5.74, 6) is 0.475. The van der Waals surface area contributed by atoms with E-state index in [4.69, 9.17) is 5.73 Å². The number of hydrogen-bond donors (Lipinski definition) is 1. The molecule has 2 aromatic rings. The highest BCUT2D eigenvalue weighted by atomic mass is 15.3. The van der Waals surface area contributed by atoms with Crippen LogP contribution in [0.4, 0.5) is 5.95 Å². The van der Waals surface area contributed by atoms with Crippen LogP contribution < -0.4 is 5.73 Å². The normalized spacial score (nSPS) is 10.4. The summed E-state index contributed by atoms with van der Waals surface area (Å²) in [7, 11) is 1.86. The summed E-state index contributed by atoms with van der Waals surface area (Å²) in [6.45, 7) is 0. The smallest absolute Gasteiger partial charge is 0.204 e. The van der Waals surface area contributed by atoms with Crippen LogP contribution in [0.3, 0.4) is 0 Å². The SMILES string of the molecule is Cn1cc(-n2ccnc2N)cn1. The lowest BCUT2D eigenvalue weighted by Crippen LogP contribution is -1.98. The minimum atomic E-state index is 0.475. The zero-order valence-electron chi connectivity index (χ0n) is 6.68. The fourth-order valence-corrected chi connectivity index (χ4v) is 1.07. The summed E-state index contributed by atoms with van der Waals surface area (Å²) < 4.78 is 3.49. The maximum Gasteiger partial charge on any atom is 0.204 e. The van der Waals surface area contributed by atoms with Gasteiger partial charge in [-0.2, -0.15) is 5.10 Å². The molecule has 0 saturated heterocycles. The highest BCUT2D eigenvalue weighted by molar-refractivity contribution is 5.35. The van der Waals surface area contributed by atoms with Crippen LogP contribution in [0.5, 0.6) is 0 Å². The van der Waals surface area contributed by atoms with Gasteiger partial charge in [-0.1, -0.05) is 0 Å². The molecule has 0 radical (unpaired) electrons. The van der Waals surface area contributed by atoms with Crippen LogP contribution in [0.1, 0.15) is 0 Å². The first-order valence-electron chi connectivity index (χ1n) is 3.55. The van der Waals surface area contributed by atoms with Crippen LogP contribution in [-0.2, 0) is 7.05 Å². The standard InChI is InChI=1S/C7H9N5/c1-11-5-6(4-10-11)12-3-2-9-7(12)8/h2-5H,1H3,(H2,8,9). The van der Waals surface area contributed by atoms with E-state index in [1.807, 2.05) is 13.2 Å². The average Bonchev–Trinajstić information content (AvgIpc) is 2.58. The van der Waals surface area contributed by atoms with E-state index in [2.05, 4.69) is 10.1 Å². The number of imidazole rings is 1. The van der Waals surface area contributed by atoms with Crippen molar-refractivity contribution in [2.24, 2.45) is 7.05 Å². The van der Waals surface area contributed by atoms with Gasteiger partial charge in [0.1, 0.15) is 0 Å². The molecule has 0 aliphatic rings. The molecule has 0 aliphatic heterocycles. The lowest BCUT2D eigenvalue weighted by atomic mass is 10.5. The summed E-state index contributed by atoms with van der Waals surface area (Å²) in [4.78, 5) is 3.91. The Kier molecular flexibility index (Phi) is 1.36. The number of rotatable bonds is 1. The van der Waals surface area contributed by atoms with Gasteiger partial charge in [-0.25, -0.2) is 4.98 Å². The Morgan fingerprint density at radius 2 is 2.33 bits per heavy atom. The van der Waals surface area contributed by atoms with Crippen LogP contribution >= 0.6 is 0 Å². The highest BCUT2D eigenvalue weighted by Crippen LogP contribution is 2.09. The zero-order chi connectivity index (χ0) is 8.55. The summed E-state index contributed by atoms with van der Waals surface area (Å²) >= 11 is 0. The molecule has 0 amide bonds. The lowest BCUT2D eigenvalue weighted by Gasteiger charge is -1.97. The monoisotopic (exact) mass is 163 g/mol. The molecule has 0 bridgehead atoms. The zero-order valence-corrected chi connectivity index (χ0v) is 6.68. The van der Waals surface area contributed by atoms with Crippen molar-refractivity contribution < 1.29 is 0 Å². The van der Waals surface area contributed by atoms with E-state index in [0.717, 1.165) is 5.69 Å². The molecule has 2 N–H and O–H groups in total. The molecule has 12 heavy (non-hydrogen) atoms. The molecule has 0 aromatic carbocycles. The number of nitrogens with two attached hydrogens (primary N) is 1. The Bertz CT molecular complexity index is 386. The molecule has 0 spiro atoms. The van der Waals surface area contributed by atoms with Gasteiger partial charge in [-0.05, 0) is 0 Å². The van der Waals surface area contributed by atoms with E-state index in [1.165, 1.54) is 0 Å². The number of anilines is 1. The molecule has 5 heteroatoms. The molecule has 2 heterocycles. The van der Waals surface area contributed by atoms with E-state index in [0.29, 0.717) is 5.95 Å². The minimum absolute atomic E-state index is 0.475. The number of aryl methyl sites for hydroxylation is 1. The van der Waals surface area contributed by atoms with Crippen molar-refractivity contribution in [3.05, 3.63) is 24.8 Å². The molecule has 62 valence electrons. The molecule has 0 aliphatic carbocycles. The second-order valence-corrected chi connectivity index (χ2v) is 2.53. The van der Waals surface area contributed by atoms with Gasteiger partial charge in [0.2, 0.25) is 5.95 Å². The predicted octanol–water partition coefficient (Wildman–Crippen LogP) is 0.188. The van der Waals surface area contributed by atoms with Gasteiger partial charge in [-0.15, -0.1) is 0 Å². The first-order valence-corrected chi connectivity index (χ1v) is 3.55. The van der Waals surface area contributed by atoms with E-state index in [-0.39, 0.29) is 0 Å². The van der Waals surface area contributed by atoms with Gasteiger partial charge in [0, 0.05) is 25.6 Å². The topological polar surface area (TPSA) is 61.7 Å². The van der Waals surface area contributed by atoms with Crippen LogP contribution in [0, 0.1) is 0 Å². The number of nitrogens with zero attached hydrogens (tertiary/aromatic N) is 4. The number of nitrogen functional groups attached to an aromatic ring is 1. The van der Waals surface area contributed by atoms with Gasteiger partial charge in [-0.3, -0.25) is 9.25 Å². The van der Waals surface area contributed by atoms with Gasteiger partial charge in [0.05, 0.1) is 11.9 Å². The number of hydrogen-bond acceptors (Lipinski definition) is 3. The third-order valence-corrected chi connectivity index (χ3v) is 1.64. The predicted molar refractivity (Wildman–Crippen MR) is 44.7 cm³/mol. The van der Waals surface area contributed by atoms with E-state index in [1.54, 1.807) is 27.8 Å². The third kappa shape index (κ3) is 0.952. The first-order chi connectivity index (χ1) is 5.77. The van der Waals surface area contributed by atoms with E-state index in [9.17, 15) is 0 Å². The molecule has 0 fully saturated rings. The van der Waals surface area contributed by atoms with Crippen molar-refractivity contribution >= 4 is 5.95 Å². The van der Waals surface area contributed by atoms with Crippen molar-refractivity contribution in [3.63, 3.8) is 0 Å². The minimum Gasteiger partial charge on any atom is -0.369 e. The fourth-order valence-electron chi connectivity index (χ4n) is 1.07. The first kappa shape index (κ1) is 6.90. The Morgan fingerprint density at radius 3 is 2.83 bits per heavy atom. The van der Waals surface area contributed by atoms with Crippen LogP contribution in [-0.4, -0.2) is 19.3 Å². The van der Waals surface area contributed by atoms with Gasteiger partial charge >= 0.3 is 0 Å². The van der Waals surface area contributed by atoms with Crippen LogP contribution in [0.25, 0.3) is 5.69 Å². The Morgan fingerprint density at radius 1 is 1.50 bits per heavy atom. The van der Waals surface area contributed by atoms with Crippen molar-refractivity contribution in [2.45, 2.75) is 0 Å². The molecule has 2 aromatic heterocycles. The van der Waals surface area contributed by atoms with Gasteiger partial charge in [0.15, 0.2) is 0 Å². The molecular formula is C7H9N5. The Balaban J connectivity index is 2.50. The quantitative estimate of drug-likeness (QED) is 0.652. The summed E-state index contributed by atoms with van der Waals surface area (Å²) in [5, 5.41) is 4.03. The van der Waals surface area contributed by atoms with Crippen molar-refractivity contribution in [2.75, 3.05) is 5.73 Å². The van der Waals surface area contributed by atoms with Gasteiger partial charge in [0.25, 0.3) is 0 Å².